The third kappa shape index (κ3) is 6.14. The van der Waals surface area contributed by atoms with E-state index in [0.717, 1.165) is 11.8 Å². The van der Waals surface area contributed by atoms with E-state index in [-0.39, 0.29) is 17.5 Å². The number of guanidine groups is 1. The van der Waals surface area contributed by atoms with Crippen LogP contribution in [-0.2, 0) is 12.7 Å². The van der Waals surface area contributed by atoms with Gasteiger partial charge >= 0.3 is 6.18 Å². The monoisotopic (exact) mass is 390 g/mol. The summed E-state index contributed by atoms with van der Waals surface area (Å²) in [5.74, 6) is 1.22. The van der Waals surface area contributed by atoms with Gasteiger partial charge in [0.1, 0.15) is 23.9 Å². The minimum atomic E-state index is -4.50. The minimum absolute atomic E-state index is 0.0565. The van der Waals surface area contributed by atoms with Crippen molar-refractivity contribution >= 4 is 17.6 Å². The van der Waals surface area contributed by atoms with Crippen LogP contribution < -0.4 is 15.4 Å². The number of alkyl halides is 3. The van der Waals surface area contributed by atoms with Crippen molar-refractivity contribution in [3.05, 3.63) is 47.0 Å². The smallest absolute Gasteiger partial charge is 0.417 e. The van der Waals surface area contributed by atoms with Crippen LogP contribution in [0.15, 0.2) is 40.1 Å². The Morgan fingerprint density at radius 2 is 2.19 bits per heavy atom. The maximum absolute atomic E-state index is 12.6. The van der Waals surface area contributed by atoms with Gasteiger partial charge in [-0.25, -0.2) is 9.98 Å². The van der Waals surface area contributed by atoms with Gasteiger partial charge in [-0.2, -0.15) is 13.2 Å². The molecular formula is C16H18ClF3N4O2. The number of hydrogen-bond donors (Lipinski definition) is 2. The number of ether oxygens (including phenoxy) is 1. The molecule has 0 atom stereocenters. The molecule has 6 nitrogen and oxygen atoms in total. The van der Waals surface area contributed by atoms with Gasteiger partial charge < -0.3 is 19.8 Å². The predicted octanol–water partition coefficient (Wildman–Crippen LogP) is 3.48. The van der Waals surface area contributed by atoms with Crippen molar-refractivity contribution < 1.29 is 22.3 Å². The van der Waals surface area contributed by atoms with E-state index in [4.69, 9.17) is 20.8 Å². The van der Waals surface area contributed by atoms with Crippen LogP contribution in [0, 0.1) is 0 Å². The minimum Gasteiger partial charge on any atom is -0.475 e. The number of pyridine rings is 1. The van der Waals surface area contributed by atoms with Crippen LogP contribution in [0.25, 0.3) is 0 Å². The van der Waals surface area contributed by atoms with Crippen molar-refractivity contribution in [2.75, 3.05) is 19.7 Å². The van der Waals surface area contributed by atoms with E-state index in [1.165, 1.54) is 0 Å². The quantitative estimate of drug-likeness (QED) is 0.430. The number of furan rings is 1. The molecule has 2 N–H and O–H groups in total. The van der Waals surface area contributed by atoms with Gasteiger partial charge in [-0.15, -0.1) is 0 Å². The standard InChI is InChI=1S/C16H18ClF3N4O2/c1-2-21-15(24-10-12-4-3-6-25-12)22-5-7-26-14-13(17)8-11(9-23-14)16(18,19)20/h3-4,6,8-9H,2,5,7,10H2,1H3,(H2,21,22,24). The van der Waals surface area contributed by atoms with Crippen molar-refractivity contribution in [1.29, 1.82) is 0 Å². The number of rotatable bonds is 7. The number of aliphatic imine (C=N–C) groups is 1. The molecule has 2 aromatic heterocycles. The predicted molar refractivity (Wildman–Crippen MR) is 91.3 cm³/mol. The molecule has 0 aliphatic heterocycles. The van der Waals surface area contributed by atoms with Crippen molar-refractivity contribution in [1.82, 2.24) is 15.6 Å². The van der Waals surface area contributed by atoms with E-state index < -0.39 is 11.7 Å². The molecule has 2 heterocycles. The summed E-state index contributed by atoms with van der Waals surface area (Å²) in [5, 5.41) is 5.89. The van der Waals surface area contributed by atoms with Crippen LogP contribution >= 0.6 is 11.6 Å². The van der Waals surface area contributed by atoms with Gasteiger partial charge in [0.05, 0.1) is 18.4 Å². The molecule has 10 heteroatoms. The fraction of sp³-hybridized carbons (Fsp3) is 0.375. The summed E-state index contributed by atoms with van der Waals surface area (Å²) in [6.45, 7) is 3.45. The molecule has 0 bridgehead atoms. The van der Waals surface area contributed by atoms with Gasteiger partial charge in [0, 0.05) is 12.7 Å². The van der Waals surface area contributed by atoms with Crippen LogP contribution in [0.5, 0.6) is 5.88 Å². The number of halogens is 4. The Balaban J connectivity index is 1.83. The maximum atomic E-state index is 12.6. The van der Waals surface area contributed by atoms with Gasteiger partial charge in [-0.1, -0.05) is 11.6 Å². The second-order valence-corrected chi connectivity index (χ2v) is 5.47. The average Bonchev–Trinajstić information content (AvgIpc) is 3.10. The Morgan fingerprint density at radius 1 is 1.38 bits per heavy atom. The lowest BCUT2D eigenvalue weighted by atomic mass is 10.3. The van der Waals surface area contributed by atoms with Crippen LogP contribution in [0.2, 0.25) is 5.02 Å². The second-order valence-electron chi connectivity index (χ2n) is 5.06. The Morgan fingerprint density at radius 3 is 2.81 bits per heavy atom. The third-order valence-corrected chi connectivity index (χ3v) is 3.36. The first-order valence-corrected chi connectivity index (χ1v) is 8.18. The lowest BCUT2D eigenvalue weighted by molar-refractivity contribution is -0.137. The molecule has 0 fully saturated rings. The molecule has 0 aliphatic rings. The lowest BCUT2D eigenvalue weighted by Gasteiger charge is -2.13. The summed E-state index contributed by atoms with van der Waals surface area (Å²) < 4.78 is 48.2. The van der Waals surface area contributed by atoms with E-state index in [0.29, 0.717) is 31.8 Å². The number of hydrogen-bond acceptors (Lipinski definition) is 4. The third-order valence-electron chi connectivity index (χ3n) is 3.09. The zero-order valence-corrected chi connectivity index (χ0v) is 14.7. The van der Waals surface area contributed by atoms with E-state index in [1.54, 1.807) is 12.3 Å². The summed E-state index contributed by atoms with van der Waals surface area (Å²) >= 11 is 5.78. The SMILES string of the molecule is CCNC(=NCc1ccco1)NCCOc1ncc(C(F)(F)F)cc1Cl. The Labute approximate surface area is 153 Å². The first-order valence-electron chi connectivity index (χ1n) is 7.80. The molecule has 0 aliphatic carbocycles. The number of aromatic nitrogens is 1. The molecular weight excluding hydrogens is 373 g/mol. The van der Waals surface area contributed by atoms with Gasteiger partial charge in [0.25, 0.3) is 0 Å². The summed E-state index contributed by atoms with van der Waals surface area (Å²) in [7, 11) is 0. The molecule has 0 spiro atoms. The highest BCUT2D eigenvalue weighted by atomic mass is 35.5. The van der Waals surface area contributed by atoms with Gasteiger partial charge in [0.15, 0.2) is 5.96 Å². The maximum Gasteiger partial charge on any atom is 0.417 e. The van der Waals surface area contributed by atoms with E-state index >= 15 is 0 Å². The highest BCUT2D eigenvalue weighted by Gasteiger charge is 2.31. The van der Waals surface area contributed by atoms with Crippen molar-refractivity contribution in [3.8, 4) is 5.88 Å². The van der Waals surface area contributed by atoms with Crippen LogP contribution in [-0.4, -0.2) is 30.6 Å². The molecule has 0 unspecified atom stereocenters. The summed E-state index contributed by atoms with van der Waals surface area (Å²) in [5.41, 5.74) is -0.924. The second kappa shape index (κ2) is 9.33. The number of nitrogens with zero attached hydrogens (tertiary/aromatic N) is 2. The fourth-order valence-corrected chi connectivity index (χ4v) is 2.13. The van der Waals surface area contributed by atoms with Crippen LogP contribution in [0.3, 0.4) is 0 Å². The molecule has 0 saturated carbocycles. The molecule has 0 radical (unpaired) electrons. The number of nitrogens with one attached hydrogen (secondary N) is 2. The Bertz CT molecular complexity index is 721. The van der Waals surface area contributed by atoms with Crippen LogP contribution in [0.4, 0.5) is 13.2 Å². The van der Waals surface area contributed by atoms with Gasteiger partial charge in [0.2, 0.25) is 5.88 Å². The molecule has 2 rings (SSSR count). The Kier molecular flexibility index (Phi) is 7.14. The zero-order chi connectivity index (χ0) is 19.0. The summed E-state index contributed by atoms with van der Waals surface area (Å²) in [4.78, 5) is 7.94. The first kappa shape index (κ1) is 19.9. The van der Waals surface area contributed by atoms with E-state index in [9.17, 15) is 13.2 Å². The molecule has 2 aromatic rings. The molecule has 142 valence electrons. The average molecular weight is 391 g/mol. The van der Waals surface area contributed by atoms with E-state index in [1.807, 2.05) is 13.0 Å². The molecule has 26 heavy (non-hydrogen) atoms. The largest absolute Gasteiger partial charge is 0.475 e. The normalized spacial score (nSPS) is 12.1. The highest BCUT2D eigenvalue weighted by Crippen LogP contribution is 2.32. The van der Waals surface area contributed by atoms with Gasteiger partial charge in [-0.3, -0.25) is 0 Å². The molecule has 0 amide bonds. The lowest BCUT2D eigenvalue weighted by Crippen LogP contribution is -2.39. The topological polar surface area (TPSA) is 71.7 Å². The first-order chi connectivity index (χ1) is 12.4. The van der Waals surface area contributed by atoms with Crippen molar-refractivity contribution in [2.24, 2.45) is 4.99 Å². The summed E-state index contributed by atoms with van der Waals surface area (Å²) in [6.07, 6.45) is -2.24. The van der Waals surface area contributed by atoms with E-state index in [2.05, 4.69) is 20.6 Å². The zero-order valence-electron chi connectivity index (χ0n) is 13.9. The van der Waals surface area contributed by atoms with Crippen molar-refractivity contribution in [3.63, 3.8) is 0 Å². The van der Waals surface area contributed by atoms with Crippen LogP contribution in [0.1, 0.15) is 18.2 Å². The van der Waals surface area contributed by atoms with Crippen molar-refractivity contribution in [2.45, 2.75) is 19.6 Å². The molecule has 0 aromatic carbocycles. The Hall–Kier alpha value is -2.42. The summed E-state index contributed by atoms with van der Waals surface area (Å²) in [6, 6.07) is 4.38. The molecule has 0 saturated heterocycles. The highest BCUT2D eigenvalue weighted by molar-refractivity contribution is 6.31. The fourth-order valence-electron chi connectivity index (χ4n) is 1.91. The van der Waals surface area contributed by atoms with Gasteiger partial charge in [-0.05, 0) is 25.1 Å².